The first-order valence-corrected chi connectivity index (χ1v) is 4.58. The van der Waals surface area contributed by atoms with Gasteiger partial charge < -0.3 is 9.30 Å². The van der Waals surface area contributed by atoms with Gasteiger partial charge in [0, 0.05) is 13.3 Å². The highest BCUT2D eigenvalue weighted by atomic mass is 16.5. The van der Waals surface area contributed by atoms with E-state index in [1.807, 2.05) is 12.1 Å². The molecule has 0 aromatic carbocycles. The third kappa shape index (κ3) is 2.02. The Kier molecular flexibility index (Phi) is 2.73. The number of aromatic nitrogens is 3. The van der Waals surface area contributed by atoms with Crippen LogP contribution in [-0.4, -0.2) is 34.0 Å². The number of methoxy groups -OCH3 is 1. The number of imidazole rings is 1. The fourth-order valence-corrected chi connectivity index (χ4v) is 1.41. The van der Waals surface area contributed by atoms with E-state index in [1.165, 1.54) is 7.11 Å². The van der Waals surface area contributed by atoms with Crippen molar-refractivity contribution >= 4 is 16.9 Å². The predicted molar refractivity (Wildman–Crippen MR) is 54.4 cm³/mol. The molecule has 5 heteroatoms. The number of pyridine rings is 1. The normalized spacial score (nSPS) is 10.7. The topological polar surface area (TPSA) is 57.0 Å². The minimum atomic E-state index is 0.00227. The summed E-state index contributed by atoms with van der Waals surface area (Å²) in [6, 6.07) is 3.68. The van der Waals surface area contributed by atoms with Crippen molar-refractivity contribution in [1.82, 2.24) is 14.5 Å². The molecule has 0 N–H and O–H groups in total. The van der Waals surface area contributed by atoms with Crippen molar-refractivity contribution in [2.24, 2.45) is 0 Å². The SMILES string of the molecule is COCC(=O)Cn1cnc2cccnc21. The van der Waals surface area contributed by atoms with E-state index in [1.54, 1.807) is 17.1 Å². The highest BCUT2D eigenvalue weighted by molar-refractivity contribution is 5.81. The fourth-order valence-electron chi connectivity index (χ4n) is 1.41. The summed E-state index contributed by atoms with van der Waals surface area (Å²) in [7, 11) is 1.50. The lowest BCUT2D eigenvalue weighted by atomic mass is 10.4. The molecular weight excluding hydrogens is 194 g/mol. The van der Waals surface area contributed by atoms with Crippen molar-refractivity contribution in [3.8, 4) is 0 Å². The quantitative estimate of drug-likeness (QED) is 0.735. The Labute approximate surface area is 86.7 Å². The molecule has 0 saturated heterocycles. The van der Waals surface area contributed by atoms with E-state index in [4.69, 9.17) is 4.74 Å². The van der Waals surface area contributed by atoms with Gasteiger partial charge in [0.2, 0.25) is 0 Å². The van der Waals surface area contributed by atoms with Gasteiger partial charge >= 0.3 is 0 Å². The van der Waals surface area contributed by atoms with E-state index in [-0.39, 0.29) is 18.9 Å². The average Bonchev–Trinajstić information content (AvgIpc) is 2.62. The van der Waals surface area contributed by atoms with E-state index in [0.717, 1.165) is 11.2 Å². The number of hydrogen-bond acceptors (Lipinski definition) is 4. The third-order valence-corrected chi connectivity index (χ3v) is 2.03. The second-order valence-corrected chi connectivity index (χ2v) is 3.19. The maximum Gasteiger partial charge on any atom is 0.178 e. The van der Waals surface area contributed by atoms with Crippen LogP contribution in [-0.2, 0) is 16.1 Å². The lowest BCUT2D eigenvalue weighted by Gasteiger charge is -2.01. The monoisotopic (exact) mass is 205 g/mol. The molecule has 0 spiro atoms. The van der Waals surface area contributed by atoms with Gasteiger partial charge in [0.15, 0.2) is 11.4 Å². The van der Waals surface area contributed by atoms with Gasteiger partial charge in [-0.2, -0.15) is 0 Å². The fraction of sp³-hybridized carbons (Fsp3) is 0.300. The molecule has 0 unspecified atom stereocenters. The van der Waals surface area contributed by atoms with E-state index >= 15 is 0 Å². The molecule has 0 amide bonds. The van der Waals surface area contributed by atoms with Crippen molar-refractivity contribution < 1.29 is 9.53 Å². The largest absolute Gasteiger partial charge is 0.377 e. The summed E-state index contributed by atoms with van der Waals surface area (Å²) in [4.78, 5) is 19.7. The lowest BCUT2D eigenvalue weighted by molar-refractivity contribution is -0.123. The summed E-state index contributed by atoms with van der Waals surface area (Å²) in [6.07, 6.45) is 3.30. The first kappa shape index (κ1) is 9.79. The van der Waals surface area contributed by atoms with Crippen molar-refractivity contribution in [3.05, 3.63) is 24.7 Å². The predicted octanol–water partition coefficient (Wildman–Crippen LogP) is 0.647. The van der Waals surface area contributed by atoms with E-state index in [0.29, 0.717) is 0 Å². The Hall–Kier alpha value is -1.75. The summed E-state index contributed by atoms with van der Waals surface area (Å²) >= 11 is 0. The van der Waals surface area contributed by atoms with Crippen LogP contribution < -0.4 is 0 Å². The number of ketones is 1. The molecule has 15 heavy (non-hydrogen) atoms. The minimum absolute atomic E-state index is 0.00227. The van der Waals surface area contributed by atoms with Crippen molar-refractivity contribution in [2.75, 3.05) is 13.7 Å². The van der Waals surface area contributed by atoms with Crippen molar-refractivity contribution in [3.63, 3.8) is 0 Å². The van der Waals surface area contributed by atoms with Crippen LogP contribution in [0.2, 0.25) is 0 Å². The Bertz CT molecular complexity index is 478. The summed E-state index contributed by atoms with van der Waals surface area (Å²) in [5.41, 5.74) is 1.52. The highest BCUT2D eigenvalue weighted by Crippen LogP contribution is 2.08. The number of ether oxygens (including phenoxy) is 1. The molecule has 2 rings (SSSR count). The van der Waals surface area contributed by atoms with Crippen LogP contribution in [0.25, 0.3) is 11.2 Å². The molecule has 0 fully saturated rings. The summed E-state index contributed by atoms with van der Waals surface area (Å²) in [6.45, 7) is 0.369. The van der Waals surface area contributed by atoms with E-state index in [9.17, 15) is 4.79 Å². The molecule has 0 radical (unpaired) electrons. The summed E-state index contributed by atoms with van der Waals surface area (Å²) in [5, 5.41) is 0. The molecule has 78 valence electrons. The second kappa shape index (κ2) is 4.18. The zero-order valence-electron chi connectivity index (χ0n) is 8.38. The van der Waals surface area contributed by atoms with Crippen LogP contribution in [0.5, 0.6) is 0 Å². The number of fused-ring (bicyclic) bond motifs is 1. The number of carbonyl (C=O) groups excluding carboxylic acids is 1. The number of carbonyl (C=O) groups is 1. The van der Waals surface area contributed by atoms with Gasteiger partial charge in [0.25, 0.3) is 0 Å². The smallest absolute Gasteiger partial charge is 0.178 e. The van der Waals surface area contributed by atoms with Crippen LogP contribution in [0.4, 0.5) is 0 Å². The molecular formula is C10H11N3O2. The molecule has 0 aliphatic heterocycles. The summed E-state index contributed by atoms with van der Waals surface area (Å²) < 4.78 is 6.48. The lowest BCUT2D eigenvalue weighted by Crippen LogP contribution is -2.14. The Morgan fingerprint density at radius 2 is 2.40 bits per heavy atom. The molecule has 2 heterocycles. The van der Waals surface area contributed by atoms with Gasteiger partial charge in [0.1, 0.15) is 12.1 Å². The molecule has 0 atom stereocenters. The number of Topliss-reactive ketones (excluding diaryl/α,β-unsaturated/α-hetero) is 1. The van der Waals surface area contributed by atoms with E-state index in [2.05, 4.69) is 9.97 Å². The molecule has 0 saturated carbocycles. The van der Waals surface area contributed by atoms with Crippen LogP contribution in [0.15, 0.2) is 24.7 Å². The molecule has 0 aliphatic rings. The molecule has 0 aliphatic carbocycles. The van der Waals surface area contributed by atoms with Crippen molar-refractivity contribution in [1.29, 1.82) is 0 Å². The number of nitrogens with zero attached hydrogens (tertiary/aromatic N) is 3. The minimum Gasteiger partial charge on any atom is -0.377 e. The molecule has 2 aromatic rings. The Morgan fingerprint density at radius 1 is 1.53 bits per heavy atom. The van der Waals surface area contributed by atoms with Crippen LogP contribution >= 0.6 is 0 Å². The van der Waals surface area contributed by atoms with Gasteiger partial charge in [-0.1, -0.05) is 0 Å². The Balaban J connectivity index is 2.25. The van der Waals surface area contributed by atoms with Crippen molar-refractivity contribution in [2.45, 2.75) is 6.54 Å². The number of hydrogen-bond donors (Lipinski definition) is 0. The first-order valence-electron chi connectivity index (χ1n) is 4.58. The van der Waals surface area contributed by atoms with Gasteiger partial charge in [0.05, 0.1) is 12.9 Å². The molecule has 2 aromatic heterocycles. The van der Waals surface area contributed by atoms with Gasteiger partial charge in [-0.25, -0.2) is 9.97 Å². The maximum absolute atomic E-state index is 11.4. The van der Waals surface area contributed by atoms with E-state index < -0.39 is 0 Å². The Morgan fingerprint density at radius 3 is 3.20 bits per heavy atom. The standard InChI is InChI=1S/C10H11N3O2/c1-15-6-8(14)5-13-7-12-9-3-2-4-11-10(9)13/h2-4,7H,5-6H2,1H3. The molecule has 5 nitrogen and oxygen atoms in total. The third-order valence-electron chi connectivity index (χ3n) is 2.03. The zero-order valence-corrected chi connectivity index (χ0v) is 8.38. The van der Waals surface area contributed by atoms with Crippen LogP contribution in [0.1, 0.15) is 0 Å². The second-order valence-electron chi connectivity index (χ2n) is 3.19. The maximum atomic E-state index is 11.4. The van der Waals surface area contributed by atoms with Crippen LogP contribution in [0, 0.1) is 0 Å². The highest BCUT2D eigenvalue weighted by Gasteiger charge is 2.07. The zero-order chi connectivity index (χ0) is 10.7. The van der Waals surface area contributed by atoms with Gasteiger partial charge in [-0.05, 0) is 12.1 Å². The number of rotatable bonds is 4. The molecule has 0 bridgehead atoms. The average molecular weight is 205 g/mol. The van der Waals surface area contributed by atoms with Gasteiger partial charge in [-0.3, -0.25) is 4.79 Å². The first-order chi connectivity index (χ1) is 7.31. The van der Waals surface area contributed by atoms with Crippen LogP contribution in [0.3, 0.4) is 0 Å². The van der Waals surface area contributed by atoms with Gasteiger partial charge in [-0.15, -0.1) is 0 Å². The summed E-state index contributed by atoms with van der Waals surface area (Å²) in [5.74, 6) is 0.00227.